The van der Waals surface area contributed by atoms with Crippen LogP contribution in [0.4, 0.5) is 0 Å². The van der Waals surface area contributed by atoms with Crippen LogP contribution in [0.3, 0.4) is 0 Å². The van der Waals surface area contributed by atoms with Crippen LogP contribution in [0.1, 0.15) is 27.0 Å². The van der Waals surface area contributed by atoms with E-state index in [9.17, 15) is 4.79 Å². The Hall–Kier alpha value is -2.95. The molecule has 0 aliphatic rings. The second-order valence-electron chi connectivity index (χ2n) is 5.41. The average molecular weight is 306 g/mol. The molecular weight excluding hydrogens is 288 g/mol. The Morgan fingerprint density at radius 3 is 2.70 bits per heavy atom. The third-order valence-electron chi connectivity index (χ3n) is 3.64. The van der Waals surface area contributed by atoms with Gasteiger partial charge in [-0.2, -0.15) is 5.10 Å². The quantitative estimate of drug-likeness (QED) is 0.788. The fourth-order valence-electron chi connectivity index (χ4n) is 2.44. The summed E-state index contributed by atoms with van der Waals surface area (Å²) in [6, 6.07) is 15.6. The number of hydrogen-bond acceptors (Lipinski definition) is 3. The maximum absolute atomic E-state index is 12.3. The van der Waals surface area contributed by atoms with Crippen LogP contribution in [0.15, 0.2) is 61.2 Å². The summed E-state index contributed by atoms with van der Waals surface area (Å²) in [4.78, 5) is 16.2. The predicted molar refractivity (Wildman–Crippen MR) is 87.9 cm³/mol. The number of carbonyl (C=O) groups is 1. The van der Waals surface area contributed by atoms with Crippen molar-refractivity contribution in [3.05, 3.63) is 83.4 Å². The van der Waals surface area contributed by atoms with Crippen LogP contribution in [-0.2, 0) is 13.1 Å². The highest BCUT2D eigenvalue weighted by molar-refractivity contribution is 5.94. The van der Waals surface area contributed by atoms with E-state index >= 15 is 0 Å². The summed E-state index contributed by atoms with van der Waals surface area (Å²) in [5, 5.41) is 7.10. The van der Waals surface area contributed by atoms with E-state index in [1.807, 2.05) is 55.5 Å². The van der Waals surface area contributed by atoms with Crippen LogP contribution in [0.25, 0.3) is 0 Å². The van der Waals surface area contributed by atoms with Crippen molar-refractivity contribution in [3.8, 4) is 0 Å². The second-order valence-corrected chi connectivity index (χ2v) is 5.41. The second kappa shape index (κ2) is 6.87. The Balaban J connectivity index is 1.69. The van der Waals surface area contributed by atoms with Gasteiger partial charge < -0.3 is 5.32 Å². The Morgan fingerprint density at radius 1 is 1.13 bits per heavy atom. The predicted octanol–water partition coefficient (Wildman–Crippen LogP) is 2.56. The summed E-state index contributed by atoms with van der Waals surface area (Å²) in [7, 11) is 0. The number of nitrogens with zero attached hydrogens (tertiary/aromatic N) is 3. The lowest BCUT2D eigenvalue weighted by Crippen LogP contribution is -2.23. The third kappa shape index (κ3) is 3.83. The molecule has 0 saturated heterocycles. The zero-order valence-electron chi connectivity index (χ0n) is 12.9. The molecule has 5 heteroatoms. The molecule has 0 fully saturated rings. The molecule has 23 heavy (non-hydrogen) atoms. The molecule has 3 aromatic rings. The van der Waals surface area contributed by atoms with Crippen LogP contribution in [0.2, 0.25) is 0 Å². The van der Waals surface area contributed by atoms with Crippen LogP contribution in [0, 0.1) is 6.92 Å². The van der Waals surface area contributed by atoms with E-state index in [-0.39, 0.29) is 5.91 Å². The lowest BCUT2D eigenvalue weighted by Gasteiger charge is -2.11. The number of carbonyl (C=O) groups excluding carboxylic acids is 1. The Kier molecular flexibility index (Phi) is 4.47. The van der Waals surface area contributed by atoms with Gasteiger partial charge in [-0.1, -0.05) is 42.0 Å². The number of aromatic nitrogens is 3. The van der Waals surface area contributed by atoms with Crippen molar-refractivity contribution >= 4 is 5.91 Å². The number of hydrogen-bond donors (Lipinski definition) is 1. The van der Waals surface area contributed by atoms with Crippen molar-refractivity contribution in [2.24, 2.45) is 0 Å². The molecule has 0 spiro atoms. The Morgan fingerprint density at radius 2 is 1.96 bits per heavy atom. The van der Waals surface area contributed by atoms with Gasteiger partial charge in [0.1, 0.15) is 12.7 Å². The van der Waals surface area contributed by atoms with E-state index in [2.05, 4.69) is 15.4 Å². The maximum Gasteiger partial charge on any atom is 0.251 e. The van der Waals surface area contributed by atoms with Crippen LogP contribution in [0.5, 0.6) is 0 Å². The lowest BCUT2D eigenvalue weighted by molar-refractivity contribution is 0.0950. The zero-order valence-corrected chi connectivity index (χ0v) is 12.9. The smallest absolute Gasteiger partial charge is 0.251 e. The van der Waals surface area contributed by atoms with Crippen molar-refractivity contribution in [2.45, 2.75) is 20.0 Å². The topological polar surface area (TPSA) is 59.8 Å². The summed E-state index contributed by atoms with van der Waals surface area (Å²) in [6.45, 7) is 3.10. The summed E-state index contributed by atoms with van der Waals surface area (Å²) >= 11 is 0. The average Bonchev–Trinajstić information content (AvgIpc) is 3.07. The van der Waals surface area contributed by atoms with Gasteiger partial charge >= 0.3 is 0 Å². The number of rotatable bonds is 5. The molecule has 0 saturated carbocycles. The molecule has 2 aromatic carbocycles. The van der Waals surface area contributed by atoms with Gasteiger partial charge in [0.2, 0.25) is 0 Å². The van der Waals surface area contributed by atoms with Gasteiger partial charge in [-0.3, -0.25) is 4.79 Å². The van der Waals surface area contributed by atoms with E-state index in [0.717, 1.165) is 16.7 Å². The number of nitrogens with one attached hydrogen (secondary N) is 1. The first-order valence-corrected chi connectivity index (χ1v) is 7.46. The molecule has 1 amide bonds. The van der Waals surface area contributed by atoms with Crippen LogP contribution < -0.4 is 5.32 Å². The first-order valence-electron chi connectivity index (χ1n) is 7.46. The molecule has 1 N–H and O–H groups in total. The molecule has 0 unspecified atom stereocenters. The minimum absolute atomic E-state index is 0.0655. The highest BCUT2D eigenvalue weighted by Crippen LogP contribution is 2.11. The Labute approximate surface area is 135 Å². The van der Waals surface area contributed by atoms with Gasteiger partial charge in [0.25, 0.3) is 5.91 Å². The molecule has 0 aliphatic carbocycles. The van der Waals surface area contributed by atoms with E-state index in [4.69, 9.17) is 0 Å². The first kappa shape index (κ1) is 15.0. The summed E-state index contributed by atoms with van der Waals surface area (Å²) in [5.74, 6) is -0.0655. The molecule has 1 aromatic heterocycles. The van der Waals surface area contributed by atoms with Crippen molar-refractivity contribution in [3.63, 3.8) is 0 Å². The fraction of sp³-hybridized carbons (Fsp3) is 0.167. The van der Waals surface area contributed by atoms with E-state index in [1.54, 1.807) is 11.0 Å². The standard InChI is InChI=1S/C18H18N4O/c1-14-5-4-8-15(9-14)18(23)20-10-16-6-2-3-7-17(16)11-22-13-19-12-21-22/h2-9,12-13H,10-11H2,1H3,(H,20,23). The highest BCUT2D eigenvalue weighted by atomic mass is 16.1. The fourth-order valence-corrected chi connectivity index (χ4v) is 2.44. The largest absolute Gasteiger partial charge is 0.348 e. The summed E-state index contributed by atoms with van der Waals surface area (Å²) in [6.07, 6.45) is 3.20. The monoisotopic (exact) mass is 306 g/mol. The maximum atomic E-state index is 12.3. The summed E-state index contributed by atoms with van der Waals surface area (Å²) in [5.41, 5.74) is 3.94. The first-order chi connectivity index (χ1) is 11.2. The van der Waals surface area contributed by atoms with Crippen LogP contribution in [-0.4, -0.2) is 20.7 Å². The van der Waals surface area contributed by atoms with Gasteiger partial charge in [0.15, 0.2) is 0 Å². The van der Waals surface area contributed by atoms with Crippen molar-refractivity contribution < 1.29 is 4.79 Å². The number of benzene rings is 2. The van der Waals surface area contributed by atoms with Crippen molar-refractivity contribution in [1.29, 1.82) is 0 Å². The van der Waals surface area contributed by atoms with Crippen molar-refractivity contribution in [2.75, 3.05) is 0 Å². The molecule has 0 atom stereocenters. The van der Waals surface area contributed by atoms with Gasteiger partial charge in [0, 0.05) is 12.1 Å². The zero-order chi connectivity index (χ0) is 16.1. The van der Waals surface area contributed by atoms with Crippen molar-refractivity contribution in [1.82, 2.24) is 20.1 Å². The molecule has 116 valence electrons. The van der Waals surface area contributed by atoms with E-state index in [1.165, 1.54) is 6.33 Å². The third-order valence-corrected chi connectivity index (χ3v) is 3.64. The molecule has 0 aliphatic heterocycles. The van der Waals surface area contributed by atoms with E-state index in [0.29, 0.717) is 18.7 Å². The highest BCUT2D eigenvalue weighted by Gasteiger charge is 2.08. The molecule has 5 nitrogen and oxygen atoms in total. The molecular formula is C18H18N4O. The van der Waals surface area contributed by atoms with Gasteiger partial charge in [0.05, 0.1) is 6.54 Å². The molecule has 0 radical (unpaired) electrons. The number of amides is 1. The molecule has 3 rings (SSSR count). The van der Waals surface area contributed by atoms with Gasteiger partial charge in [-0.25, -0.2) is 9.67 Å². The SMILES string of the molecule is Cc1cccc(C(=O)NCc2ccccc2Cn2cncn2)c1. The number of aryl methyl sites for hydroxylation is 1. The minimum Gasteiger partial charge on any atom is -0.348 e. The Bertz CT molecular complexity index is 796. The van der Waals surface area contributed by atoms with Crippen LogP contribution >= 0.6 is 0 Å². The van der Waals surface area contributed by atoms with E-state index < -0.39 is 0 Å². The molecule has 0 bridgehead atoms. The molecule has 1 heterocycles. The van der Waals surface area contributed by atoms with Gasteiger partial charge in [-0.05, 0) is 30.2 Å². The minimum atomic E-state index is -0.0655. The summed E-state index contributed by atoms with van der Waals surface area (Å²) < 4.78 is 1.77. The lowest BCUT2D eigenvalue weighted by atomic mass is 10.1. The normalized spacial score (nSPS) is 10.5. The van der Waals surface area contributed by atoms with Gasteiger partial charge in [-0.15, -0.1) is 0 Å².